The fraction of sp³-hybridized carbons (Fsp3) is 0.125. The van der Waals surface area contributed by atoms with E-state index in [1.807, 2.05) is 43.3 Å². The number of halogens is 1. The second kappa shape index (κ2) is 5.92. The average Bonchev–Trinajstić information content (AvgIpc) is 2.94. The van der Waals surface area contributed by atoms with Crippen LogP contribution in [0.4, 0.5) is 0 Å². The molecular formula is C16H13ClO2Se. The van der Waals surface area contributed by atoms with E-state index in [0.29, 0.717) is 6.79 Å². The molecule has 1 aliphatic rings. The van der Waals surface area contributed by atoms with E-state index in [4.69, 9.17) is 21.1 Å². The van der Waals surface area contributed by atoms with Crippen molar-refractivity contribution in [2.75, 3.05) is 6.79 Å². The second-order valence-corrected chi connectivity index (χ2v) is 7.54. The molecule has 1 heterocycles. The van der Waals surface area contributed by atoms with Crippen LogP contribution in [0.1, 0.15) is 12.5 Å². The maximum atomic E-state index is 6.49. The Bertz CT molecular complexity index is 653. The zero-order valence-electron chi connectivity index (χ0n) is 10.9. The molecule has 0 aliphatic carbocycles. The summed E-state index contributed by atoms with van der Waals surface area (Å²) in [6.45, 7) is 2.34. The van der Waals surface area contributed by atoms with E-state index in [0.717, 1.165) is 26.6 Å². The molecule has 0 aromatic heterocycles. The summed E-state index contributed by atoms with van der Waals surface area (Å²) in [5, 5.41) is 0. The molecule has 3 rings (SSSR count). The van der Waals surface area contributed by atoms with E-state index in [1.54, 1.807) is 0 Å². The van der Waals surface area contributed by atoms with E-state index in [2.05, 4.69) is 12.1 Å². The molecule has 0 bridgehead atoms. The van der Waals surface area contributed by atoms with Crippen molar-refractivity contribution >= 4 is 36.6 Å². The summed E-state index contributed by atoms with van der Waals surface area (Å²) in [7, 11) is 0. The molecule has 0 atom stereocenters. The Balaban J connectivity index is 1.86. The van der Waals surface area contributed by atoms with Crippen molar-refractivity contribution in [3.8, 4) is 11.5 Å². The van der Waals surface area contributed by atoms with Crippen molar-refractivity contribution in [2.24, 2.45) is 0 Å². The number of ether oxygens (including phenoxy) is 2. The fourth-order valence-electron chi connectivity index (χ4n) is 1.91. The van der Waals surface area contributed by atoms with E-state index in [-0.39, 0.29) is 15.0 Å². The molecule has 102 valence electrons. The number of rotatable bonds is 3. The molecule has 0 fully saturated rings. The summed E-state index contributed by atoms with van der Waals surface area (Å²) in [5.74, 6) is 1.59. The van der Waals surface area contributed by atoms with Gasteiger partial charge in [-0.15, -0.1) is 0 Å². The van der Waals surface area contributed by atoms with Crippen LogP contribution in [0.15, 0.2) is 52.5 Å². The molecule has 0 radical (unpaired) electrons. The molecule has 2 aromatic carbocycles. The van der Waals surface area contributed by atoms with Crippen molar-refractivity contribution in [2.45, 2.75) is 6.92 Å². The first-order valence-corrected chi connectivity index (χ1v) is 8.32. The summed E-state index contributed by atoms with van der Waals surface area (Å²) in [5.41, 5.74) is 2.17. The average molecular weight is 352 g/mol. The van der Waals surface area contributed by atoms with Crippen molar-refractivity contribution in [1.82, 2.24) is 0 Å². The van der Waals surface area contributed by atoms with Gasteiger partial charge in [0, 0.05) is 0 Å². The molecule has 0 saturated carbocycles. The first-order chi connectivity index (χ1) is 9.74. The molecule has 2 aromatic rings. The minimum atomic E-state index is 0.128. The Hall–Kier alpha value is -1.41. The third-order valence-corrected chi connectivity index (χ3v) is 5.82. The standard InChI is InChI=1S/C16H13ClO2Se/c1-11(16(17)20-13-5-3-2-4-6-13)12-7-8-14-15(9-12)19-10-18-14/h2-9H,10H2,1H3/b16-11+. The van der Waals surface area contributed by atoms with Gasteiger partial charge in [-0.3, -0.25) is 0 Å². The SMILES string of the molecule is C/C(=C(/Cl)[Se]c1ccccc1)c1ccc2c(c1)OCO2. The van der Waals surface area contributed by atoms with E-state index < -0.39 is 0 Å². The van der Waals surface area contributed by atoms with Crippen LogP contribution in [0.3, 0.4) is 0 Å². The normalized spacial score (nSPS) is 14.1. The Morgan fingerprint density at radius 3 is 2.60 bits per heavy atom. The van der Waals surface area contributed by atoms with E-state index in [9.17, 15) is 0 Å². The van der Waals surface area contributed by atoms with Gasteiger partial charge >= 0.3 is 129 Å². The summed E-state index contributed by atoms with van der Waals surface area (Å²) in [4.78, 5) is 0. The number of fused-ring (bicyclic) bond motifs is 1. The number of benzene rings is 2. The first-order valence-electron chi connectivity index (χ1n) is 6.23. The molecule has 20 heavy (non-hydrogen) atoms. The Morgan fingerprint density at radius 2 is 1.80 bits per heavy atom. The fourth-order valence-corrected chi connectivity index (χ4v) is 4.10. The van der Waals surface area contributed by atoms with Crippen LogP contribution in [0.5, 0.6) is 11.5 Å². The van der Waals surface area contributed by atoms with Crippen molar-refractivity contribution in [3.63, 3.8) is 0 Å². The van der Waals surface area contributed by atoms with Crippen LogP contribution < -0.4 is 13.9 Å². The Kier molecular flexibility index (Phi) is 4.02. The molecule has 0 unspecified atom stereocenters. The van der Waals surface area contributed by atoms with Gasteiger partial charge in [-0.05, 0) is 0 Å². The van der Waals surface area contributed by atoms with Gasteiger partial charge in [0.05, 0.1) is 0 Å². The zero-order chi connectivity index (χ0) is 13.9. The summed E-state index contributed by atoms with van der Waals surface area (Å²) >= 11 is 6.61. The topological polar surface area (TPSA) is 18.5 Å². The van der Waals surface area contributed by atoms with E-state index >= 15 is 0 Å². The van der Waals surface area contributed by atoms with Gasteiger partial charge in [-0.1, -0.05) is 0 Å². The predicted molar refractivity (Wildman–Crippen MR) is 82.8 cm³/mol. The minimum absolute atomic E-state index is 0.128. The van der Waals surface area contributed by atoms with Gasteiger partial charge < -0.3 is 0 Å². The van der Waals surface area contributed by atoms with Gasteiger partial charge in [-0.25, -0.2) is 0 Å². The maximum absolute atomic E-state index is 6.49. The van der Waals surface area contributed by atoms with Gasteiger partial charge in [0.15, 0.2) is 0 Å². The number of hydrogen-bond acceptors (Lipinski definition) is 2. The van der Waals surface area contributed by atoms with Crippen LogP contribution in [-0.2, 0) is 0 Å². The molecular weight excluding hydrogens is 339 g/mol. The monoisotopic (exact) mass is 352 g/mol. The van der Waals surface area contributed by atoms with Crippen molar-refractivity contribution in [1.29, 1.82) is 0 Å². The summed E-state index contributed by atoms with van der Waals surface area (Å²) in [6, 6.07) is 16.2. The van der Waals surface area contributed by atoms with Crippen LogP contribution in [-0.4, -0.2) is 21.7 Å². The van der Waals surface area contributed by atoms with Gasteiger partial charge in [0.25, 0.3) is 0 Å². The number of hydrogen-bond donors (Lipinski definition) is 0. The first kappa shape index (κ1) is 13.6. The van der Waals surface area contributed by atoms with Crippen LogP contribution >= 0.6 is 11.6 Å². The molecule has 0 N–H and O–H groups in total. The zero-order valence-corrected chi connectivity index (χ0v) is 13.4. The van der Waals surface area contributed by atoms with Crippen LogP contribution in [0.25, 0.3) is 5.57 Å². The molecule has 4 heteroatoms. The Labute approximate surface area is 129 Å². The third-order valence-electron chi connectivity index (χ3n) is 3.05. The van der Waals surface area contributed by atoms with E-state index in [1.165, 1.54) is 4.46 Å². The van der Waals surface area contributed by atoms with Crippen LogP contribution in [0, 0.1) is 0 Å². The molecule has 1 aliphatic heterocycles. The molecule has 0 amide bonds. The summed E-state index contributed by atoms with van der Waals surface area (Å²) < 4.78 is 12.9. The third kappa shape index (κ3) is 2.85. The van der Waals surface area contributed by atoms with Crippen molar-refractivity contribution < 1.29 is 9.47 Å². The predicted octanol–water partition coefficient (Wildman–Crippen LogP) is 3.37. The molecule has 2 nitrogen and oxygen atoms in total. The second-order valence-electron chi connectivity index (χ2n) is 4.38. The Morgan fingerprint density at radius 1 is 1.05 bits per heavy atom. The van der Waals surface area contributed by atoms with Crippen molar-refractivity contribution in [3.05, 3.63) is 58.0 Å². The van der Waals surface area contributed by atoms with Gasteiger partial charge in [0.1, 0.15) is 0 Å². The molecule has 0 saturated heterocycles. The molecule has 0 spiro atoms. The summed E-state index contributed by atoms with van der Waals surface area (Å²) in [6.07, 6.45) is 0. The number of allylic oxidation sites excluding steroid dienone is 1. The van der Waals surface area contributed by atoms with Gasteiger partial charge in [0.2, 0.25) is 0 Å². The van der Waals surface area contributed by atoms with Crippen LogP contribution in [0.2, 0.25) is 0 Å². The van der Waals surface area contributed by atoms with Gasteiger partial charge in [-0.2, -0.15) is 0 Å². The quantitative estimate of drug-likeness (QED) is 0.789.